The van der Waals surface area contributed by atoms with E-state index in [1.807, 2.05) is 11.8 Å². The van der Waals surface area contributed by atoms with Crippen LogP contribution in [0.4, 0.5) is 5.82 Å². The maximum atomic E-state index is 5.76. The standard InChI is InChI=1S/C14H25N3S/c1-11(2)13-8-12(10-15)9-14(16-13)17(3)6-5-7-18-4/h8-9,11H,5-7,10,15H2,1-4H3. The molecule has 0 aliphatic rings. The Morgan fingerprint density at radius 1 is 1.39 bits per heavy atom. The van der Waals surface area contributed by atoms with Gasteiger partial charge in [-0.05, 0) is 42.0 Å². The molecule has 1 aromatic heterocycles. The van der Waals surface area contributed by atoms with Gasteiger partial charge in [-0.15, -0.1) is 0 Å². The van der Waals surface area contributed by atoms with Crippen LogP contribution in [0, 0.1) is 0 Å². The van der Waals surface area contributed by atoms with Crippen molar-refractivity contribution < 1.29 is 0 Å². The van der Waals surface area contributed by atoms with Crippen molar-refractivity contribution in [3.8, 4) is 0 Å². The van der Waals surface area contributed by atoms with Gasteiger partial charge in [-0.3, -0.25) is 0 Å². The third kappa shape index (κ3) is 4.50. The van der Waals surface area contributed by atoms with Gasteiger partial charge in [-0.2, -0.15) is 11.8 Å². The van der Waals surface area contributed by atoms with Gasteiger partial charge in [0.15, 0.2) is 0 Å². The minimum absolute atomic E-state index is 0.440. The Kier molecular flexibility index (Phi) is 6.50. The van der Waals surface area contributed by atoms with E-state index in [4.69, 9.17) is 10.7 Å². The summed E-state index contributed by atoms with van der Waals surface area (Å²) in [6.07, 6.45) is 3.33. The van der Waals surface area contributed by atoms with Crippen LogP contribution >= 0.6 is 11.8 Å². The van der Waals surface area contributed by atoms with E-state index in [1.165, 1.54) is 17.7 Å². The van der Waals surface area contributed by atoms with Crippen LogP contribution in [0.25, 0.3) is 0 Å². The zero-order valence-electron chi connectivity index (χ0n) is 11.9. The van der Waals surface area contributed by atoms with E-state index in [9.17, 15) is 0 Å². The lowest BCUT2D eigenvalue weighted by Gasteiger charge is -2.20. The fraction of sp³-hybridized carbons (Fsp3) is 0.643. The first-order valence-corrected chi connectivity index (χ1v) is 7.88. The number of aromatic nitrogens is 1. The fourth-order valence-electron chi connectivity index (χ4n) is 1.76. The van der Waals surface area contributed by atoms with Crippen LogP contribution in [0.2, 0.25) is 0 Å². The Hall–Kier alpha value is -0.740. The second-order valence-electron chi connectivity index (χ2n) is 4.89. The highest BCUT2D eigenvalue weighted by Gasteiger charge is 2.08. The molecule has 0 saturated carbocycles. The molecule has 18 heavy (non-hydrogen) atoms. The summed E-state index contributed by atoms with van der Waals surface area (Å²) < 4.78 is 0. The van der Waals surface area contributed by atoms with Crippen LogP contribution < -0.4 is 10.6 Å². The largest absolute Gasteiger partial charge is 0.360 e. The van der Waals surface area contributed by atoms with Gasteiger partial charge in [0.05, 0.1) is 0 Å². The first-order valence-electron chi connectivity index (χ1n) is 6.49. The number of hydrogen-bond donors (Lipinski definition) is 1. The summed E-state index contributed by atoms with van der Waals surface area (Å²) in [4.78, 5) is 6.95. The molecule has 0 unspecified atom stereocenters. The number of nitrogens with zero attached hydrogens (tertiary/aromatic N) is 2. The lowest BCUT2D eigenvalue weighted by Crippen LogP contribution is -2.21. The SMILES string of the molecule is CSCCCN(C)c1cc(CN)cc(C(C)C)n1. The minimum Gasteiger partial charge on any atom is -0.360 e. The lowest BCUT2D eigenvalue weighted by atomic mass is 10.1. The zero-order chi connectivity index (χ0) is 13.5. The second-order valence-corrected chi connectivity index (χ2v) is 5.87. The van der Waals surface area contributed by atoms with Gasteiger partial charge in [-0.1, -0.05) is 13.8 Å². The van der Waals surface area contributed by atoms with Gasteiger partial charge in [0.1, 0.15) is 5.82 Å². The van der Waals surface area contributed by atoms with Gasteiger partial charge in [-0.25, -0.2) is 4.98 Å². The molecule has 0 fully saturated rings. The van der Waals surface area contributed by atoms with Gasteiger partial charge < -0.3 is 10.6 Å². The van der Waals surface area contributed by atoms with Crippen molar-refractivity contribution >= 4 is 17.6 Å². The van der Waals surface area contributed by atoms with E-state index in [0.717, 1.165) is 18.1 Å². The van der Waals surface area contributed by atoms with E-state index in [-0.39, 0.29) is 0 Å². The molecule has 0 spiro atoms. The Morgan fingerprint density at radius 3 is 2.67 bits per heavy atom. The van der Waals surface area contributed by atoms with Crippen LogP contribution in [-0.4, -0.2) is 30.6 Å². The molecule has 3 nitrogen and oxygen atoms in total. The van der Waals surface area contributed by atoms with Crippen LogP contribution in [0.15, 0.2) is 12.1 Å². The molecule has 0 saturated heterocycles. The zero-order valence-corrected chi connectivity index (χ0v) is 12.8. The molecule has 0 amide bonds. The average molecular weight is 267 g/mol. The fourth-order valence-corrected chi connectivity index (χ4v) is 2.18. The van der Waals surface area contributed by atoms with Crippen LogP contribution in [0.5, 0.6) is 0 Å². The highest BCUT2D eigenvalue weighted by atomic mass is 32.2. The normalized spacial score (nSPS) is 11.0. The summed E-state index contributed by atoms with van der Waals surface area (Å²) in [5.74, 6) is 2.68. The first kappa shape index (κ1) is 15.3. The van der Waals surface area contributed by atoms with Crippen LogP contribution in [0.3, 0.4) is 0 Å². The quantitative estimate of drug-likeness (QED) is 0.771. The minimum atomic E-state index is 0.440. The Bertz CT molecular complexity index is 366. The molecule has 0 atom stereocenters. The molecule has 0 aliphatic heterocycles. The van der Waals surface area contributed by atoms with E-state index in [2.05, 4.69) is 44.2 Å². The van der Waals surface area contributed by atoms with Gasteiger partial charge in [0.2, 0.25) is 0 Å². The first-order chi connectivity index (χ1) is 8.58. The Balaban J connectivity index is 2.82. The van der Waals surface area contributed by atoms with Crippen molar-refractivity contribution in [3.63, 3.8) is 0 Å². The summed E-state index contributed by atoms with van der Waals surface area (Å²) in [7, 11) is 2.10. The molecular weight excluding hydrogens is 242 g/mol. The van der Waals surface area contributed by atoms with E-state index >= 15 is 0 Å². The molecule has 1 rings (SSSR count). The molecule has 0 radical (unpaired) electrons. The number of thioether (sulfide) groups is 1. The summed E-state index contributed by atoms with van der Waals surface area (Å²) in [5, 5.41) is 0. The van der Waals surface area contributed by atoms with E-state index in [1.54, 1.807) is 0 Å². The van der Waals surface area contributed by atoms with Crippen molar-refractivity contribution in [2.75, 3.05) is 30.5 Å². The van der Waals surface area contributed by atoms with Gasteiger partial charge in [0, 0.05) is 25.8 Å². The maximum absolute atomic E-state index is 5.76. The number of anilines is 1. The molecule has 0 aliphatic carbocycles. The number of pyridine rings is 1. The molecule has 1 heterocycles. The number of hydrogen-bond acceptors (Lipinski definition) is 4. The van der Waals surface area contributed by atoms with Crippen molar-refractivity contribution in [3.05, 3.63) is 23.4 Å². The molecule has 4 heteroatoms. The van der Waals surface area contributed by atoms with Crippen LogP contribution in [-0.2, 0) is 6.54 Å². The van der Waals surface area contributed by atoms with Crippen molar-refractivity contribution in [1.82, 2.24) is 4.98 Å². The molecule has 0 bridgehead atoms. The third-order valence-corrected chi connectivity index (χ3v) is 3.65. The number of rotatable bonds is 7. The Labute approximate surface area is 115 Å². The van der Waals surface area contributed by atoms with E-state index < -0.39 is 0 Å². The van der Waals surface area contributed by atoms with Gasteiger partial charge >= 0.3 is 0 Å². The predicted molar refractivity (Wildman–Crippen MR) is 82.5 cm³/mol. The summed E-state index contributed by atoms with van der Waals surface area (Å²) in [6.45, 7) is 5.95. The summed E-state index contributed by atoms with van der Waals surface area (Å²) in [5.41, 5.74) is 8.06. The molecule has 2 N–H and O–H groups in total. The monoisotopic (exact) mass is 267 g/mol. The van der Waals surface area contributed by atoms with Crippen molar-refractivity contribution in [2.24, 2.45) is 5.73 Å². The Morgan fingerprint density at radius 2 is 2.11 bits per heavy atom. The summed E-state index contributed by atoms with van der Waals surface area (Å²) >= 11 is 1.89. The number of nitrogens with two attached hydrogens (primary N) is 1. The second kappa shape index (κ2) is 7.64. The molecule has 0 aromatic carbocycles. The lowest BCUT2D eigenvalue weighted by molar-refractivity contribution is 0.791. The molecule has 102 valence electrons. The third-order valence-electron chi connectivity index (χ3n) is 2.95. The average Bonchev–Trinajstić information content (AvgIpc) is 2.38. The molecular formula is C14H25N3S. The van der Waals surface area contributed by atoms with Crippen LogP contribution in [0.1, 0.15) is 37.4 Å². The van der Waals surface area contributed by atoms with Crippen molar-refractivity contribution in [2.45, 2.75) is 32.7 Å². The highest BCUT2D eigenvalue weighted by molar-refractivity contribution is 7.98. The maximum Gasteiger partial charge on any atom is 0.128 e. The predicted octanol–water partition coefficient (Wildman–Crippen LogP) is 2.85. The smallest absolute Gasteiger partial charge is 0.128 e. The van der Waals surface area contributed by atoms with E-state index in [0.29, 0.717) is 12.5 Å². The van der Waals surface area contributed by atoms with Gasteiger partial charge in [0.25, 0.3) is 0 Å². The summed E-state index contributed by atoms with van der Waals surface area (Å²) in [6, 6.07) is 4.22. The molecule has 1 aromatic rings. The highest BCUT2D eigenvalue weighted by Crippen LogP contribution is 2.19. The topological polar surface area (TPSA) is 42.1 Å². The van der Waals surface area contributed by atoms with Crippen molar-refractivity contribution in [1.29, 1.82) is 0 Å².